The minimum atomic E-state index is -0.544. The third-order valence-electron chi connectivity index (χ3n) is 2.74. The number of rotatable bonds is 5. The van der Waals surface area contributed by atoms with Gasteiger partial charge in [-0.1, -0.05) is 0 Å². The van der Waals surface area contributed by atoms with Crippen LogP contribution in [0.15, 0.2) is 11.6 Å². The van der Waals surface area contributed by atoms with Crippen LogP contribution in [0.5, 0.6) is 0 Å². The minimum absolute atomic E-state index is 0.329. The fourth-order valence-corrected chi connectivity index (χ4v) is 1.67. The third kappa shape index (κ3) is 4.85. The summed E-state index contributed by atoms with van der Waals surface area (Å²) < 4.78 is 14.4. The Bertz CT molecular complexity index is 320. The second-order valence-electron chi connectivity index (χ2n) is 3.89. The summed E-state index contributed by atoms with van der Waals surface area (Å²) in [5, 5.41) is 0. The third-order valence-corrected chi connectivity index (χ3v) is 2.74. The Kier molecular flexibility index (Phi) is 6.38. The predicted molar refractivity (Wildman–Crippen MR) is 64.0 cm³/mol. The molecule has 18 heavy (non-hydrogen) atoms. The summed E-state index contributed by atoms with van der Waals surface area (Å²) in [4.78, 5) is 24.8. The van der Waals surface area contributed by atoms with Crippen molar-refractivity contribution in [2.75, 3.05) is 47.1 Å². The number of morpholine rings is 1. The molecule has 0 radical (unpaired) electrons. The molecule has 1 aliphatic rings. The van der Waals surface area contributed by atoms with Gasteiger partial charge in [-0.05, 0) is 6.42 Å². The van der Waals surface area contributed by atoms with Gasteiger partial charge in [0.1, 0.15) is 0 Å². The first-order valence-corrected chi connectivity index (χ1v) is 5.84. The fraction of sp³-hybridized carbons (Fsp3) is 0.667. The van der Waals surface area contributed by atoms with E-state index in [1.54, 1.807) is 0 Å². The van der Waals surface area contributed by atoms with Crippen molar-refractivity contribution < 1.29 is 23.8 Å². The largest absolute Gasteiger partial charge is 0.466 e. The van der Waals surface area contributed by atoms with Crippen molar-refractivity contribution >= 4 is 11.9 Å². The van der Waals surface area contributed by atoms with Gasteiger partial charge in [-0.25, -0.2) is 9.59 Å². The molecule has 0 bridgehead atoms. The smallest absolute Gasteiger partial charge is 0.334 e. The van der Waals surface area contributed by atoms with Gasteiger partial charge in [-0.3, -0.25) is 4.90 Å². The van der Waals surface area contributed by atoms with Gasteiger partial charge in [0.25, 0.3) is 0 Å². The maximum atomic E-state index is 11.5. The zero-order valence-corrected chi connectivity index (χ0v) is 10.8. The summed E-state index contributed by atoms with van der Waals surface area (Å²) in [6.07, 6.45) is 1.65. The lowest BCUT2D eigenvalue weighted by Gasteiger charge is -2.26. The molecule has 0 saturated carbocycles. The molecule has 0 aromatic carbocycles. The second kappa shape index (κ2) is 7.84. The van der Waals surface area contributed by atoms with Gasteiger partial charge in [-0.2, -0.15) is 0 Å². The average molecular weight is 257 g/mol. The van der Waals surface area contributed by atoms with Crippen molar-refractivity contribution in [2.45, 2.75) is 6.42 Å². The Morgan fingerprint density at radius 2 is 1.89 bits per heavy atom. The summed E-state index contributed by atoms with van der Waals surface area (Å²) in [5.41, 5.74) is 0.329. The van der Waals surface area contributed by atoms with Gasteiger partial charge >= 0.3 is 11.9 Å². The van der Waals surface area contributed by atoms with E-state index < -0.39 is 11.9 Å². The predicted octanol–water partition coefficient (Wildman–Crippen LogP) is -0.0189. The highest BCUT2D eigenvalue weighted by atomic mass is 16.5. The molecule has 1 fully saturated rings. The lowest BCUT2D eigenvalue weighted by molar-refractivity contribution is -0.138. The molecular formula is C12H19NO5. The van der Waals surface area contributed by atoms with Gasteiger partial charge in [0, 0.05) is 31.3 Å². The molecule has 0 aromatic heterocycles. The Balaban J connectivity index is 2.52. The van der Waals surface area contributed by atoms with Crippen molar-refractivity contribution in [3.63, 3.8) is 0 Å². The van der Waals surface area contributed by atoms with Crippen molar-refractivity contribution in [2.24, 2.45) is 0 Å². The molecular weight excluding hydrogens is 238 g/mol. The van der Waals surface area contributed by atoms with Crippen molar-refractivity contribution in [3.8, 4) is 0 Å². The number of hydrogen-bond donors (Lipinski definition) is 0. The Morgan fingerprint density at radius 1 is 1.22 bits per heavy atom. The number of nitrogens with zero attached hydrogens (tertiary/aromatic N) is 1. The highest BCUT2D eigenvalue weighted by Crippen LogP contribution is 2.08. The first-order valence-electron chi connectivity index (χ1n) is 5.84. The SMILES string of the molecule is COC(=O)/C=C(\CCN1CCOCC1)C(=O)OC. The topological polar surface area (TPSA) is 65.1 Å². The number of methoxy groups -OCH3 is 2. The maximum absolute atomic E-state index is 11.5. The van der Waals surface area contributed by atoms with Gasteiger partial charge < -0.3 is 14.2 Å². The molecule has 0 unspecified atom stereocenters. The highest BCUT2D eigenvalue weighted by Gasteiger charge is 2.15. The first-order chi connectivity index (χ1) is 8.67. The zero-order valence-electron chi connectivity index (χ0n) is 10.8. The molecule has 0 aromatic rings. The van der Waals surface area contributed by atoms with E-state index in [0.717, 1.165) is 13.1 Å². The first kappa shape index (κ1) is 14.7. The van der Waals surface area contributed by atoms with Gasteiger partial charge in [0.2, 0.25) is 0 Å². The van der Waals surface area contributed by atoms with Gasteiger partial charge in [-0.15, -0.1) is 0 Å². The Hall–Kier alpha value is -1.40. The molecule has 1 saturated heterocycles. The van der Waals surface area contributed by atoms with Gasteiger partial charge in [0.15, 0.2) is 0 Å². The summed E-state index contributed by atoms with van der Waals surface area (Å²) >= 11 is 0. The lowest BCUT2D eigenvalue weighted by Crippen LogP contribution is -2.37. The quantitative estimate of drug-likeness (QED) is 0.509. The van der Waals surface area contributed by atoms with Crippen LogP contribution in [0.2, 0.25) is 0 Å². The van der Waals surface area contributed by atoms with E-state index >= 15 is 0 Å². The van der Waals surface area contributed by atoms with E-state index in [1.165, 1.54) is 20.3 Å². The van der Waals surface area contributed by atoms with Crippen LogP contribution in [0.4, 0.5) is 0 Å². The number of esters is 2. The Labute approximate surface area is 106 Å². The molecule has 1 aliphatic heterocycles. The highest BCUT2D eigenvalue weighted by molar-refractivity contribution is 5.96. The molecule has 6 nitrogen and oxygen atoms in total. The summed E-state index contributed by atoms with van der Waals surface area (Å²) in [6, 6.07) is 0. The van der Waals surface area contributed by atoms with Crippen LogP contribution in [-0.2, 0) is 23.8 Å². The molecule has 1 rings (SSSR count). The lowest BCUT2D eigenvalue weighted by atomic mass is 10.1. The fourth-order valence-electron chi connectivity index (χ4n) is 1.67. The number of hydrogen-bond acceptors (Lipinski definition) is 6. The monoisotopic (exact) mass is 257 g/mol. The molecule has 0 aliphatic carbocycles. The van der Waals surface area contributed by atoms with Crippen LogP contribution in [0, 0.1) is 0 Å². The van der Waals surface area contributed by atoms with E-state index in [0.29, 0.717) is 31.8 Å². The molecule has 0 atom stereocenters. The zero-order chi connectivity index (χ0) is 13.4. The summed E-state index contributed by atoms with van der Waals surface area (Å²) in [6.45, 7) is 3.78. The molecule has 1 heterocycles. The van der Waals surface area contributed by atoms with E-state index in [2.05, 4.69) is 14.4 Å². The van der Waals surface area contributed by atoms with E-state index in [1.807, 2.05) is 0 Å². The van der Waals surface area contributed by atoms with E-state index in [4.69, 9.17) is 4.74 Å². The van der Waals surface area contributed by atoms with Crippen LogP contribution in [0.1, 0.15) is 6.42 Å². The van der Waals surface area contributed by atoms with Crippen LogP contribution in [-0.4, -0.2) is 63.9 Å². The van der Waals surface area contributed by atoms with E-state index in [-0.39, 0.29) is 0 Å². The number of carbonyl (C=O) groups excluding carboxylic acids is 2. The Morgan fingerprint density at radius 3 is 2.44 bits per heavy atom. The van der Waals surface area contributed by atoms with Gasteiger partial charge in [0.05, 0.1) is 27.4 Å². The molecule has 0 spiro atoms. The summed E-state index contributed by atoms with van der Waals surface area (Å²) in [5.74, 6) is -1.04. The molecule has 102 valence electrons. The normalized spacial score (nSPS) is 17.3. The molecule has 6 heteroatoms. The average Bonchev–Trinajstić information content (AvgIpc) is 2.43. The van der Waals surface area contributed by atoms with Crippen LogP contribution in [0.25, 0.3) is 0 Å². The number of ether oxygens (including phenoxy) is 3. The standard InChI is InChI=1S/C12H19NO5/c1-16-11(14)9-10(12(15)17-2)3-4-13-5-7-18-8-6-13/h9H,3-8H2,1-2H3/b10-9+. The van der Waals surface area contributed by atoms with Crippen LogP contribution < -0.4 is 0 Å². The maximum Gasteiger partial charge on any atom is 0.334 e. The second-order valence-corrected chi connectivity index (χ2v) is 3.89. The van der Waals surface area contributed by atoms with Crippen molar-refractivity contribution in [3.05, 3.63) is 11.6 Å². The molecule has 0 N–H and O–H groups in total. The summed E-state index contributed by atoms with van der Waals surface area (Å²) in [7, 11) is 2.57. The van der Waals surface area contributed by atoms with Crippen LogP contribution in [0.3, 0.4) is 0 Å². The van der Waals surface area contributed by atoms with Crippen molar-refractivity contribution in [1.29, 1.82) is 0 Å². The molecule has 0 amide bonds. The van der Waals surface area contributed by atoms with E-state index in [9.17, 15) is 9.59 Å². The van der Waals surface area contributed by atoms with Crippen LogP contribution >= 0.6 is 0 Å². The number of carbonyl (C=O) groups is 2. The van der Waals surface area contributed by atoms with Crippen molar-refractivity contribution in [1.82, 2.24) is 4.90 Å². The minimum Gasteiger partial charge on any atom is -0.466 e.